The molecule has 0 radical (unpaired) electrons. The van der Waals surface area contributed by atoms with Gasteiger partial charge >= 0.3 is 5.97 Å². The van der Waals surface area contributed by atoms with Crippen molar-refractivity contribution in [3.05, 3.63) is 12.3 Å². The molecule has 1 atom stereocenters. The standard InChI is InChI=1S/C9H13N3O4S/c1-12-7(4-5-10-12)17(15,16)11-8(9(13)14)6-2-3-6/h4-6,8,11H,2-3H2,1H3,(H,13,14). The highest BCUT2D eigenvalue weighted by atomic mass is 32.2. The molecule has 1 aliphatic rings. The van der Waals surface area contributed by atoms with Crippen molar-refractivity contribution < 1.29 is 18.3 Å². The van der Waals surface area contributed by atoms with E-state index >= 15 is 0 Å². The summed E-state index contributed by atoms with van der Waals surface area (Å²) in [6.45, 7) is 0. The first-order valence-electron chi connectivity index (χ1n) is 5.15. The van der Waals surface area contributed by atoms with Crippen molar-refractivity contribution in [2.45, 2.75) is 23.9 Å². The number of hydrogen-bond donors (Lipinski definition) is 2. The SMILES string of the molecule is Cn1nccc1S(=O)(=O)NC(C(=O)O)C1CC1. The Bertz CT molecular complexity index is 532. The maximum atomic E-state index is 11.9. The molecule has 1 aromatic heterocycles. The minimum Gasteiger partial charge on any atom is -0.480 e. The van der Waals surface area contributed by atoms with Crippen LogP contribution in [0.2, 0.25) is 0 Å². The molecule has 0 bridgehead atoms. The highest BCUT2D eigenvalue weighted by molar-refractivity contribution is 7.89. The quantitative estimate of drug-likeness (QED) is 0.746. The molecular weight excluding hydrogens is 246 g/mol. The summed E-state index contributed by atoms with van der Waals surface area (Å²) in [5.41, 5.74) is 0. The monoisotopic (exact) mass is 259 g/mol. The van der Waals surface area contributed by atoms with Crippen LogP contribution < -0.4 is 4.72 Å². The van der Waals surface area contributed by atoms with Gasteiger partial charge < -0.3 is 5.11 Å². The number of carboxylic acid groups (broad SMARTS) is 1. The maximum Gasteiger partial charge on any atom is 0.322 e. The van der Waals surface area contributed by atoms with Crippen LogP contribution in [0, 0.1) is 5.92 Å². The zero-order valence-electron chi connectivity index (χ0n) is 9.20. The number of nitrogens with zero attached hydrogens (tertiary/aromatic N) is 2. The number of aliphatic carboxylic acids is 1. The predicted molar refractivity (Wildman–Crippen MR) is 57.7 cm³/mol. The number of aromatic nitrogens is 2. The van der Waals surface area contributed by atoms with E-state index in [0.29, 0.717) is 0 Å². The van der Waals surface area contributed by atoms with Crippen molar-refractivity contribution in [3.8, 4) is 0 Å². The van der Waals surface area contributed by atoms with E-state index < -0.39 is 22.0 Å². The average Bonchev–Trinajstić information content (AvgIpc) is 2.97. The number of sulfonamides is 1. The molecular formula is C9H13N3O4S. The molecule has 94 valence electrons. The summed E-state index contributed by atoms with van der Waals surface area (Å²) in [4.78, 5) is 11.0. The smallest absolute Gasteiger partial charge is 0.322 e. The summed E-state index contributed by atoms with van der Waals surface area (Å²) in [6, 6.07) is 0.281. The lowest BCUT2D eigenvalue weighted by Crippen LogP contribution is -2.42. The van der Waals surface area contributed by atoms with Gasteiger partial charge in [-0.3, -0.25) is 9.48 Å². The van der Waals surface area contributed by atoms with Crippen LogP contribution in [-0.2, 0) is 21.9 Å². The Hall–Kier alpha value is -1.41. The maximum absolute atomic E-state index is 11.9. The largest absolute Gasteiger partial charge is 0.480 e. The number of carbonyl (C=O) groups is 1. The fourth-order valence-electron chi connectivity index (χ4n) is 1.63. The summed E-state index contributed by atoms with van der Waals surface area (Å²) in [5.74, 6) is -1.24. The predicted octanol–water partition coefficient (Wildman–Crippen LogP) is -0.438. The molecule has 2 N–H and O–H groups in total. The molecule has 0 spiro atoms. The molecule has 1 aromatic rings. The van der Waals surface area contributed by atoms with Gasteiger partial charge in [0.2, 0.25) is 0 Å². The molecule has 8 heteroatoms. The van der Waals surface area contributed by atoms with E-state index in [2.05, 4.69) is 9.82 Å². The fourth-order valence-corrected chi connectivity index (χ4v) is 3.01. The van der Waals surface area contributed by atoms with E-state index in [0.717, 1.165) is 12.8 Å². The van der Waals surface area contributed by atoms with Crippen LogP contribution in [0.3, 0.4) is 0 Å². The zero-order valence-corrected chi connectivity index (χ0v) is 10.0. The van der Waals surface area contributed by atoms with Gasteiger partial charge in [0.15, 0.2) is 5.03 Å². The molecule has 1 fully saturated rings. The van der Waals surface area contributed by atoms with Gasteiger partial charge in [0.1, 0.15) is 6.04 Å². The third kappa shape index (κ3) is 2.47. The summed E-state index contributed by atoms with van der Waals surface area (Å²) >= 11 is 0. The second-order valence-electron chi connectivity index (χ2n) is 4.07. The third-order valence-electron chi connectivity index (χ3n) is 2.69. The minimum atomic E-state index is -3.83. The van der Waals surface area contributed by atoms with Gasteiger partial charge in [0.05, 0.1) is 6.20 Å². The van der Waals surface area contributed by atoms with E-state index in [4.69, 9.17) is 5.11 Å². The molecule has 1 unspecified atom stereocenters. The molecule has 0 amide bonds. The molecule has 1 heterocycles. The average molecular weight is 259 g/mol. The summed E-state index contributed by atoms with van der Waals surface area (Å²) in [7, 11) is -2.34. The summed E-state index contributed by atoms with van der Waals surface area (Å²) in [5, 5.41) is 12.7. The topological polar surface area (TPSA) is 101 Å². The highest BCUT2D eigenvalue weighted by Gasteiger charge is 2.39. The van der Waals surface area contributed by atoms with E-state index in [1.807, 2.05) is 0 Å². The second-order valence-corrected chi connectivity index (χ2v) is 5.73. The third-order valence-corrected chi connectivity index (χ3v) is 4.21. The van der Waals surface area contributed by atoms with Gasteiger partial charge in [0.25, 0.3) is 10.0 Å². The van der Waals surface area contributed by atoms with Crippen LogP contribution in [0.1, 0.15) is 12.8 Å². The molecule has 1 saturated carbocycles. The first kappa shape index (κ1) is 12.1. The van der Waals surface area contributed by atoms with Crippen molar-refractivity contribution in [2.24, 2.45) is 13.0 Å². The Balaban J connectivity index is 2.22. The molecule has 0 aromatic carbocycles. The lowest BCUT2D eigenvalue weighted by atomic mass is 10.2. The Morgan fingerprint density at radius 1 is 1.65 bits per heavy atom. The van der Waals surface area contributed by atoms with Crippen LogP contribution in [0.15, 0.2) is 17.3 Å². The van der Waals surface area contributed by atoms with E-state index in [1.54, 1.807) is 0 Å². The summed E-state index contributed by atoms with van der Waals surface area (Å²) < 4.78 is 27.3. The molecule has 0 saturated heterocycles. The van der Waals surface area contributed by atoms with Crippen molar-refractivity contribution in [3.63, 3.8) is 0 Å². The van der Waals surface area contributed by atoms with Crippen molar-refractivity contribution in [1.82, 2.24) is 14.5 Å². The van der Waals surface area contributed by atoms with Gasteiger partial charge in [-0.2, -0.15) is 9.82 Å². The van der Waals surface area contributed by atoms with E-state index in [-0.39, 0.29) is 10.9 Å². The second kappa shape index (κ2) is 4.11. The normalized spacial score (nSPS) is 17.9. The van der Waals surface area contributed by atoms with Gasteiger partial charge in [-0.1, -0.05) is 0 Å². The highest BCUT2D eigenvalue weighted by Crippen LogP contribution is 2.33. The lowest BCUT2D eigenvalue weighted by Gasteiger charge is -2.13. The Morgan fingerprint density at radius 3 is 2.71 bits per heavy atom. The Labute approximate surface area is 98.5 Å². The van der Waals surface area contributed by atoms with E-state index in [1.165, 1.54) is 24.0 Å². The molecule has 1 aliphatic carbocycles. The first-order chi connectivity index (χ1) is 7.92. The number of rotatable bonds is 5. The summed E-state index contributed by atoms with van der Waals surface area (Å²) in [6.07, 6.45) is 2.83. The number of nitrogens with one attached hydrogen (secondary N) is 1. The van der Waals surface area contributed by atoms with Gasteiger partial charge in [-0.25, -0.2) is 8.42 Å². The molecule has 2 rings (SSSR count). The fraction of sp³-hybridized carbons (Fsp3) is 0.556. The lowest BCUT2D eigenvalue weighted by molar-refractivity contribution is -0.139. The van der Waals surface area contributed by atoms with Crippen LogP contribution in [0.4, 0.5) is 0 Å². The van der Waals surface area contributed by atoms with Gasteiger partial charge in [-0.15, -0.1) is 0 Å². The van der Waals surface area contributed by atoms with Gasteiger partial charge in [-0.05, 0) is 24.8 Å². The minimum absolute atomic E-state index is 0.0376. The molecule has 0 aliphatic heterocycles. The Morgan fingerprint density at radius 2 is 2.29 bits per heavy atom. The van der Waals surface area contributed by atoms with Gasteiger partial charge in [0, 0.05) is 7.05 Å². The van der Waals surface area contributed by atoms with Crippen LogP contribution in [0.5, 0.6) is 0 Å². The van der Waals surface area contributed by atoms with Crippen LogP contribution in [-0.4, -0.2) is 35.3 Å². The van der Waals surface area contributed by atoms with Crippen molar-refractivity contribution in [1.29, 1.82) is 0 Å². The molecule has 17 heavy (non-hydrogen) atoms. The van der Waals surface area contributed by atoms with Crippen molar-refractivity contribution in [2.75, 3.05) is 0 Å². The van der Waals surface area contributed by atoms with Crippen LogP contribution >= 0.6 is 0 Å². The zero-order chi connectivity index (χ0) is 12.6. The number of hydrogen-bond acceptors (Lipinski definition) is 4. The Kier molecular flexibility index (Phi) is 2.92. The number of aryl methyl sites for hydroxylation is 1. The number of carboxylic acids is 1. The van der Waals surface area contributed by atoms with Crippen molar-refractivity contribution >= 4 is 16.0 Å². The molecule has 7 nitrogen and oxygen atoms in total. The first-order valence-corrected chi connectivity index (χ1v) is 6.63. The van der Waals surface area contributed by atoms with E-state index in [9.17, 15) is 13.2 Å². The van der Waals surface area contributed by atoms with Crippen LogP contribution in [0.25, 0.3) is 0 Å².